The molecule has 2 aromatic rings. The van der Waals surface area contributed by atoms with Gasteiger partial charge in [0.25, 0.3) is 0 Å². The Morgan fingerprint density at radius 1 is 1.14 bits per heavy atom. The highest BCUT2D eigenvalue weighted by Gasteiger charge is 2.09. The second-order valence-corrected chi connectivity index (χ2v) is 6.51. The van der Waals surface area contributed by atoms with Crippen LogP contribution in [0.1, 0.15) is 50.3 Å². The lowest BCUT2D eigenvalue weighted by Crippen LogP contribution is -2.13. The Labute approximate surface area is 131 Å². The van der Waals surface area contributed by atoms with Gasteiger partial charge in [-0.15, -0.1) is 11.8 Å². The molecule has 0 spiro atoms. The number of aromatic nitrogens is 1. The average Bonchev–Trinajstić information content (AvgIpc) is 2.49. The third-order valence-electron chi connectivity index (χ3n) is 4.05. The van der Waals surface area contributed by atoms with Crippen LogP contribution in [0.3, 0.4) is 0 Å². The quantitative estimate of drug-likeness (QED) is 0.572. The van der Waals surface area contributed by atoms with E-state index in [2.05, 4.69) is 18.0 Å². The summed E-state index contributed by atoms with van der Waals surface area (Å²) in [5, 5.41) is 0.830. The third-order valence-corrected chi connectivity index (χ3v) is 4.78. The highest BCUT2D eigenvalue weighted by atomic mass is 32.2. The molecule has 0 unspecified atom stereocenters. The zero-order valence-electron chi connectivity index (χ0n) is 13.3. The molecule has 0 bridgehead atoms. The first-order valence-electron chi connectivity index (χ1n) is 7.87. The number of fused-ring (bicyclic) bond motifs is 1. The summed E-state index contributed by atoms with van der Waals surface area (Å²) in [5.41, 5.74) is 3.16. The monoisotopic (exact) mass is 303 g/mol. The van der Waals surface area contributed by atoms with Crippen molar-refractivity contribution >= 4 is 22.7 Å². The Morgan fingerprint density at radius 2 is 1.90 bits per heavy atom. The van der Waals surface area contributed by atoms with Crippen LogP contribution in [0.15, 0.2) is 27.9 Å². The summed E-state index contributed by atoms with van der Waals surface area (Å²) < 4.78 is 0. The fourth-order valence-electron chi connectivity index (χ4n) is 2.76. The predicted octanol–water partition coefficient (Wildman–Crippen LogP) is 5.07. The Kier molecular flexibility index (Phi) is 5.92. The van der Waals surface area contributed by atoms with Gasteiger partial charge in [0.15, 0.2) is 5.43 Å². The van der Waals surface area contributed by atoms with Crippen molar-refractivity contribution in [3.63, 3.8) is 0 Å². The van der Waals surface area contributed by atoms with Gasteiger partial charge in [-0.05, 0) is 44.2 Å². The molecular formula is C18H25NOS. The summed E-state index contributed by atoms with van der Waals surface area (Å²) in [5.74, 6) is 0. The largest absolute Gasteiger partial charge is 0.358 e. The molecule has 0 saturated heterocycles. The van der Waals surface area contributed by atoms with E-state index in [1.54, 1.807) is 11.8 Å². The lowest BCUT2D eigenvalue weighted by molar-refractivity contribution is 0.630. The van der Waals surface area contributed by atoms with Gasteiger partial charge in [0.2, 0.25) is 0 Å². The van der Waals surface area contributed by atoms with Crippen LogP contribution in [0.2, 0.25) is 0 Å². The number of H-pyrrole nitrogens is 1. The Bertz CT molecular complexity index is 660. The van der Waals surface area contributed by atoms with Crippen molar-refractivity contribution in [3.05, 3.63) is 39.7 Å². The molecule has 0 aliphatic rings. The van der Waals surface area contributed by atoms with E-state index in [1.807, 2.05) is 25.3 Å². The molecule has 21 heavy (non-hydrogen) atoms. The van der Waals surface area contributed by atoms with Gasteiger partial charge in [0.1, 0.15) is 0 Å². The predicted molar refractivity (Wildman–Crippen MR) is 93.5 cm³/mol. The number of aryl methyl sites for hydroxylation is 1. The number of unbranched alkanes of at least 4 members (excludes halogenated alkanes) is 4. The first-order chi connectivity index (χ1) is 10.2. The molecule has 1 N–H and O–H groups in total. The van der Waals surface area contributed by atoms with Crippen LogP contribution in [0.4, 0.5) is 0 Å². The van der Waals surface area contributed by atoms with Crippen LogP contribution < -0.4 is 5.43 Å². The van der Waals surface area contributed by atoms with Crippen molar-refractivity contribution in [2.24, 2.45) is 0 Å². The summed E-state index contributed by atoms with van der Waals surface area (Å²) in [6.45, 7) is 4.24. The number of thioether (sulfide) groups is 1. The number of rotatable bonds is 7. The SMILES string of the molecule is CCCCCCCc1c(C)[nH]c2ccc(SC)cc2c1=O. The van der Waals surface area contributed by atoms with E-state index in [0.717, 1.165) is 39.9 Å². The van der Waals surface area contributed by atoms with Crippen LogP contribution in [0.5, 0.6) is 0 Å². The number of nitrogens with one attached hydrogen (secondary N) is 1. The maximum absolute atomic E-state index is 12.7. The van der Waals surface area contributed by atoms with Gasteiger partial charge in [0, 0.05) is 27.1 Å². The maximum atomic E-state index is 12.7. The first-order valence-corrected chi connectivity index (χ1v) is 9.09. The first kappa shape index (κ1) is 16.2. The fourth-order valence-corrected chi connectivity index (χ4v) is 3.20. The molecule has 3 heteroatoms. The number of pyridine rings is 1. The number of hydrogen-bond donors (Lipinski definition) is 1. The molecule has 0 atom stereocenters. The maximum Gasteiger partial charge on any atom is 0.192 e. The normalized spacial score (nSPS) is 11.2. The van der Waals surface area contributed by atoms with Gasteiger partial charge >= 0.3 is 0 Å². The van der Waals surface area contributed by atoms with Crippen LogP contribution >= 0.6 is 11.8 Å². The molecule has 0 saturated carbocycles. The molecule has 2 rings (SSSR count). The standard InChI is InChI=1S/C18H25NOS/c1-4-5-6-7-8-9-15-13(2)19-17-11-10-14(21-3)12-16(17)18(15)20/h10-12H,4-9H2,1-3H3,(H,19,20). The van der Waals surface area contributed by atoms with Crippen molar-refractivity contribution in [3.8, 4) is 0 Å². The number of hydrogen-bond acceptors (Lipinski definition) is 2. The summed E-state index contributed by atoms with van der Waals surface area (Å²) >= 11 is 1.68. The topological polar surface area (TPSA) is 32.9 Å². The molecule has 1 aromatic carbocycles. The highest BCUT2D eigenvalue weighted by Crippen LogP contribution is 2.20. The Morgan fingerprint density at radius 3 is 2.62 bits per heavy atom. The zero-order valence-corrected chi connectivity index (χ0v) is 14.1. The van der Waals surface area contributed by atoms with Gasteiger partial charge in [0.05, 0.1) is 0 Å². The van der Waals surface area contributed by atoms with Gasteiger partial charge in [-0.1, -0.05) is 32.6 Å². The van der Waals surface area contributed by atoms with E-state index < -0.39 is 0 Å². The Balaban J connectivity index is 2.24. The Hall–Kier alpha value is -1.22. The molecule has 0 aliphatic heterocycles. The summed E-state index contributed by atoms with van der Waals surface area (Å²) in [6, 6.07) is 6.09. The molecule has 1 heterocycles. The number of aromatic amines is 1. The van der Waals surface area contributed by atoms with E-state index in [0.29, 0.717) is 0 Å². The lowest BCUT2D eigenvalue weighted by Gasteiger charge is -2.09. The smallest absolute Gasteiger partial charge is 0.192 e. The highest BCUT2D eigenvalue weighted by molar-refractivity contribution is 7.98. The van der Waals surface area contributed by atoms with Crippen LogP contribution in [0, 0.1) is 6.92 Å². The van der Waals surface area contributed by atoms with Crippen LogP contribution in [-0.2, 0) is 6.42 Å². The molecule has 0 radical (unpaired) electrons. The second kappa shape index (κ2) is 7.69. The molecule has 2 nitrogen and oxygen atoms in total. The van der Waals surface area contributed by atoms with Gasteiger partial charge < -0.3 is 4.98 Å². The van der Waals surface area contributed by atoms with Crippen molar-refractivity contribution < 1.29 is 0 Å². The van der Waals surface area contributed by atoms with Gasteiger partial charge in [-0.3, -0.25) is 4.79 Å². The van der Waals surface area contributed by atoms with E-state index in [4.69, 9.17) is 0 Å². The molecule has 114 valence electrons. The van der Waals surface area contributed by atoms with E-state index in [-0.39, 0.29) is 5.43 Å². The minimum atomic E-state index is 0.215. The van der Waals surface area contributed by atoms with Crippen molar-refractivity contribution in [1.29, 1.82) is 0 Å². The number of benzene rings is 1. The third kappa shape index (κ3) is 3.91. The summed E-state index contributed by atoms with van der Waals surface area (Å²) in [6.07, 6.45) is 9.09. The minimum absolute atomic E-state index is 0.215. The summed E-state index contributed by atoms with van der Waals surface area (Å²) in [7, 11) is 0. The zero-order chi connectivity index (χ0) is 15.2. The molecule has 0 fully saturated rings. The molecule has 1 aromatic heterocycles. The van der Waals surface area contributed by atoms with Crippen LogP contribution in [-0.4, -0.2) is 11.2 Å². The molecular weight excluding hydrogens is 278 g/mol. The lowest BCUT2D eigenvalue weighted by atomic mass is 10.0. The van der Waals surface area contributed by atoms with E-state index in [9.17, 15) is 4.79 Å². The van der Waals surface area contributed by atoms with Crippen molar-refractivity contribution in [1.82, 2.24) is 4.98 Å². The van der Waals surface area contributed by atoms with E-state index >= 15 is 0 Å². The summed E-state index contributed by atoms with van der Waals surface area (Å²) in [4.78, 5) is 17.2. The van der Waals surface area contributed by atoms with Crippen molar-refractivity contribution in [2.75, 3.05) is 6.26 Å². The average molecular weight is 303 g/mol. The van der Waals surface area contributed by atoms with Gasteiger partial charge in [-0.2, -0.15) is 0 Å². The minimum Gasteiger partial charge on any atom is -0.358 e. The molecule has 0 amide bonds. The molecule has 0 aliphatic carbocycles. The fraction of sp³-hybridized carbons (Fsp3) is 0.500. The van der Waals surface area contributed by atoms with Gasteiger partial charge in [-0.25, -0.2) is 0 Å². The van der Waals surface area contributed by atoms with Crippen molar-refractivity contribution in [2.45, 2.75) is 57.3 Å². The second-order valence-electron chi connectivity index (χ2n) is 5.63. The van der Waals surface area contributed by atoms with E-state index in [1.165, 1.54) is 25.7 Å². The van der Waals surface area contributed by atoms with Crippen LogP contribution in [0.25, 0.3) is 10.9 Å².